The standard InChI is InChI=1S/C13H25NO/c1-5-8-9-10-13(14-11-6-2)12(4)15-7-3/h12-14H,6-7,9-11H2,1-4H3. The molecule has 2 heteroatoms. The number of nitrogens with one attached hydrogen (secondary N) is 1. The number of rotatable bonds is 8. The van der Waals surface area contributed by atoms with Crippen LogP contribution in [0, 0.1) is 11.8 Å². The molecule has 0 aliphatic heterocycles. The van der Waals surface area contributed by atoms with E-state index in [1.54, 1.807) is 0 Å². The SMILES string of the molecule is CC#CCCC(NCCC)C(C)OCC. The van der Waals surface area contributed by atoms with Crippen LogP contribution in [0.3, 0.4) is 0 Å². The molecule has 0 aromatic heterocycles. The van der Waals surface area contributed by atoms with Gasteiger partial charge in [-0.05, 0) is 40.2 Å². The third kappa shape index (κ3) is 7.41. The molecule has 0 fully saturated rings. The molecule has 15 heavy (non-hydrogen) atoms. The summed E-state index contributed by atoms with van der Waals surface area (Å²) in [5, 5.41) is 3.52. The third-order valence-corrected chi connectivity index (χ3v) is 2.41. The summed E-state index contributed by atoms with van der Waals surface area (Å²) in [6.45, 7) is 10.1. The average molecular weight is 211 g/mol. The molecule has 0 saturated carbocycles. The second-order valence-corrected chi connectivity index (χ2v) is 3.69. The van der Waals surface area contributed by atoms with Crippen LogP contribution in [0.2, 0.25) is 0 Å². The molecule has 0 aliphatic carbocycles. The van der Waals surface area contributed by atoms with E-state index in [2.05, 4.69) is 31.0 Å². The van der Waals surface area contributed by atoms with Crippen LogP contribution in [0.5, 0.6) is 0 Å². The van der Waals surface area contributed by atoms with Gasteiger partial charge in [0, 0.05) is 19.1 Å². The number of ether oxygens (including phenoxy) is 1. The van der Waals surface area contributed by atoms with Crippen molar-refractivity contribution in [3.8, 4) is 11.8 Å². The van der Waals surface area contributed by atoms with Crippen LogP contribution in [-0.2, 0) is 4.74 Å². The Morgan fingerprint density at radius 2 is 2.07 bits per heavy atom. The highest BCUT2D eigenvalue weighted by Crippen LogP contribution is 2.06. The Bertz CT molecular complexity index is 192. The lowest BCUT2D eigenvalue weighted by molar-refractivity contribution is 0.0457. The first-order chi connectivity index (χ1) is 7.26. The van der Waals surface area contributed by atoms with Gasteiger partial charge in [0.2, 0.25) is 0 Å². The second-order valence-electron chi connectivity index (χ2n) is 3.69. The summed E-state index contributed by atoms with van der Waals surface area (Å²) in [7, 11) is 0. The van der Waals surface area contributed by atoms with Crippen LogP contribution in [-0.4, -0.2) is 25.3 Å². The Morgan fingerprint density at radius 3 is 2.60 bits per heavy atom. The molecule has 2 nitrogen and oxygen atoms in total. The summed E-state index contributed by atoms with van der Waals surface area (Å²) in [5.74, 6) is 6.04. The van der Waals surface area contributed by atoms with Crippen molar-refractivity contribution in [2.75, 3.05) is 13.2 Å². The zero-order valence-corrected chi connectivity index (χ0v) is 10.6. The van der Waals surface area contributed by atoms with Gasteiger partial charge in [-0.3, -0.25) is 0 Å². The van der Waals surface area contributed by atoms with Crippen LogP contribution in [0.1, 0.15) is 47.0 Å². The lowest BCUT2D eigenvalue weighted by atomic mass is 10.1. The maximum atomic E-state index is 5.62. The Balaban J connectivity index is 3.95. The molecule has 88 valence electrons. The van der Waals surface area contributed by atoms with Crippen LogP contribution < -0.4 is 5.32 Å². The molecule has 0 aromatic rings. The van der Waals surface area contributed by atoms with Crippen molar-refractivity contribution in [3.63, 3.8) is 0 Å². The van der Waals surface area contributed by atoms with Crippen molar-refractivity contribution in [2.24, 2.45) is 0 Å². The second kappa shape index (κ2) is 10.0. The molecule has 0 amide bonds. The first kappa shape index (κ1) is 14.5. The summed E-state index contributed by atoms with van der Waals surface area (Å²) in [6.07, 6.45) is 3.46. The summed E-state index contributed by atoms with van der Waals surface area (Å²) >= 11 is 0. The van der Waals surface area contributed by atoms with Gasteiger partial charge in [-0.25, -0.2) is 0 Å². The van der Waals surface area contributed by atoms with E-state index < -0.39 is 0 Å². The summed E-state index contributed by atoms with van der Waals surface area (Å²) in [5.41, 5.74) is 0. The van der Waals surface area contributed by atoms with Crippen LogP contribution >= 0.6 is 0 Å². The van der Waals surface area contributed by atoms with Crippen molar-refractivity contribution < 1.29 is 4.74 Å². The molecule has 0 rings (SSSR count). The number of hydrogen-bond acceptors (Lipinski definition) is 2. The lowest BCUT2D eigenvalue weighted by Gasteiger charge is -2.24. The van der Waals surface area contributed by atoms with Gasteiger partial charge in [0.1, 0.15) is 0 Å². The molecule has 0 saturated heterocycles. The minimum atomic E-state index is 0.278. The Hall–Kier alpha value is -0.520. The molecule has 2 atom stereocenters. The molecular weight excluding hydrogens is 186 g/mol. The van der Waals surface area contributed by atoms with E-state index in [-0.39, 0.29) is 6.10 Å². The van der Waals surface area contributed by atoms with Crippen molar-refractivity contribution in [2.45, 2.75) is 59.1 Å². The van der Waals surface area contributed by atoms with E-state index in [9.17, 15) is 0 Å². The predicted molar refractivity (Wildman–Crippen MR) is 65.9 cm³/mol. The smallest absolute Gasteiger partial charge is 0.0700 e. The quantitative estimate of drug-likeness (QED) is 0.623. The van der Waals surface area contributed by atoms with E-state index in [1.165, 1.54) is 0 Å². The summed E-state index contributed by atoms with van der Waals surface area (Å²) < 4.78 is 5.62. The van der Waals surface area contributed by atoms with Crippen LogP contribution in [0.4, 0.5) is 0 Å². The highest BCUT2D eigenvalue weighted by molar-refractivity contribution is 4.96. The van der Waals surface area contributed by atoms with Gasteiger partial charge in [-0.1, -0.05) is 6.92 Å². The maximum absolute atomic E-state index is 5.62. The topological polar surface area (TPSA) is 21.3 Å². The van der Waals surface area contributed by atoms with Gasteiger partial charge in [0.15, 0.2) is 0 Å². The van der Waals surface area contributed by atoms with Gasteiger partial charge in [-0.15, -0.1) is 11.8 Å². The molecule has 1 N–H and O–H groups in total. The fourth-order valence-corrected chi connectivity index (χ4v) is 1.56. The molecule has 0 heterocycles. The number of hydrogen-bond donors (Lipinski definition) is 1. The minimum Gasteiger partial charge on any atom is -0.377 e. The Labute approximate surface area is 94.8 Å². The molecule has 0 radical (unpaired) electrons. The lowest BCUT2D eigenvalue weighted by Crippen LogP contribution is -2.40. The minimum absolute atomic E-state index is 0.278. The fraction of sp³-hybridized carbons (Fsp3) is 0.846. The third-order valence-electron chi connectivity index (χ3n) is 2.41. The van der Waals surface area contributed by atoms with Crippen LogP contribution in [0.25, 0.3) is 0 Å². The van der Waals surface area contributed by atoms with E-state index in [1.807, 2.05) is 13.8 Å². The normalized spacial score (nSPS) is 14.1. The van der Waals surface area contributed by atoms with E-state index >= 15 is 0 Å². The molecule has 0 bridgehead atoms. The van der Waals surface area contributed by atoms with E-state index in [0.29, 0.717) is 6.04 Å². The van der Waals surface area contributed by atoms with Crippen molar-refractivity contribution in [3.05, 3.63) is 0 Å². The first-order valence-corrected chi connectivity index (χ1v) is 6.00. The van der Waals surface area contributed by atoms with Gasteiger partial charge in [0.25, 0.3) is 0 Å². The predicted octanol–water partition coefficient (Wildman–Crippen LogP) is 2.58. The van der Waals surface area contributed by atoms with Gasteiger partial charge in [-0.2, -0.15) is 0 Å². The molecule has 0 aromatic carbocycles. The maximum Gasteiger partial charge on any atom is 0.0700 e. The van der Waals surface area contributed by atoms with E-state index in [4.69, 9.17) is 4.74 Å². The zero-order chi connectivity index (χ0) is 11.5. The van der Waals surface area contributed by atoms with Gasteiger partial charge < -0.3 is 10.1 Å². The van der Waals surface area contributed by atoms with Crippen molar-refractivity contribution in [1.82, 2.24) is 5.32 Å². The highest BCUT2D eigenvalue weighted by atomic mass is 16.5. The summed E-state index contributed by atoms with van der Waals surface area (Å²) in [6, 6.07) is 0.436. The van der Waals surface area contributed by atoms with Crippen molar-refractivity contribution >= 4 is 0 Å². The molecule has 0 spiro atoms. The van der Waals surface area contributed by atoms with Crippen molar-refractivity contribution in [1.29, 1.82) is 0 Å². The Morgan fingerprint density at radius 1 is 1.33 bits per heavy atom. The monoisotopic (exact) mass is 211 g/mol. The van der Waals surface area contributed by atoms with Gasteiger partial charge in [0.05, 0.1) is 6.10 Å². The Kier molecular flexibility index (Phi) is 9.67. The van der Waals surface area contributed by atoms with Crippen LogP contribution in [0.15, 0.2) is 0 Å². The molecule has 0 aliphatic rings. The fourth-order valence-electron chi connectivity index (χ4n) is 1.56. The molecular formula is C13H25NO. The first-order valence-electron chi connectivity index (χ1n) is 6.00. The molecule has 2 unspecified atom stereocenters. The zero-order valence-electron chi connectivity index (χ0n) is 10.6. The highest BCUT2D eigenvalue weighted by Gasteiger charge is 2.15. The largest absolute Gasteiger partial charge is 0.377 e. The average Bonchev–Trinajstić information content (AvgIpc) is 2.23. The summed E-state index contributed by atoms with van der Waals surface area (Å²) in [4.78, 5) is 0. The van der Waals surface area contributed by atoms with Gasteiger partial charge >= 0.3 is 0 Å². The van der Waals surface area contributed by atoms with E-state index in [0.717, 1.165) is 32.4 Å².